The molecule has 6 heteroatoms. The molecule has 2 bridgehead atoms. The van der Waals surface area contributed by atoms with Crippen LogP contribution < -0.4 is 10.6 Å². The van der Waals surface area contributed by atoms with E-state index in [1.807, 2.05) is 31.4 Å². The van der Waals surface area contributed by atoms with Crippen molar-refractivity contribution in [1.29, 1.82) is 0 Å². The Morgan fingerprint density at radius 1 is 1.43 bits per heavy atom. The SMILES string of the molecule is CN=C(NCCc1cn2ccccc2n1)NC1CC2CCC1O2. The van der Waals surface area contributed by atoms with Crippen LogP contribution in [-0.4, -0.2) is 47.2 Å². The molecule has 0 aliphatic carbocycles. The Morgan fingerprint density at radius 3 is 3.13 bits per heavy atom. The van der Waals surface area contributed by atoms with Crippen LogP contribution in [0.5, 0.6) is 0 Å². The summed E-state index contributed by atoms with van der Waals surface area (Å²) in [7, 11) is 1.81. The minimum absolute atomic E-state index is 0.358. The van der Waals surface area contributed by atoms with E-state index in [1.54, 1.807) is 0 Å². The van der Waals surface area contributed by atoms with Crippen molar-refractivity contribution in [2.24, 2.45) is 4.99 Å². The summed E-state index contributed by atoms with van der Waals surface area (Å²) < 4.78 is 7.93. The van der Waals surface area contributed by atoms with E-state index in [-0.39, 0.29) is 0 Å². The maximum Gasteiger partial charge on any atom is 0.191 e. The number of aromatic nitrogens is 2. The number of hydrogen-bond acceptors (Lipinski definition) is 3. The molecule has 0 saturated carbocycles. The van der Waals surface area contributed by atoms with Crippen LogP contribution in [0.2, 0.25) is 0 Å². The van der Waals surface area contributed by atoms with Crippen LogP contribution in [0.1, 0.15) is 25.0 Å². The zero-order valence-corrected chi connectivity index (χ0v) is 13.4. The summed E-state index contributed by atoms with van der Waals surface area (Å²) >= 11 is 0. The van der Waals surface area contributed by atoms with Gasteiger partial charge in [0.25, 0.3) is 0 Å². The van der Waals surface area contributed by atoms with E-state index in [2.05, 4.69) is 31.2 Å². The molecule has 2 aliphatic heterocycles. The molecule has 3 unspecified atom stereocenters. The normalized spacial score (nSPS) is 26.8. The molecule has 2 saturated heterocycles. The fourth-order valence-electron chi connectivity index (χ4n) is 3.58. The molecule has 6 nitrogen and oxygen atoms in total. The lowest BCUT2D eigenvalue weighted by atomic mass is 9.96. The minimum Gasteiger partial charge on any atom is -0.373 e. The molecule has 0 aromatic carbocycles. The van der Waals surface area contributed by atoms with Crippen molar-refractivity contribution in [2.75, 3.05) is 13.6 Å². The largest absolute Gasteiger partial charge is 0.373 e. The standard InChI is InChI=1S/C17H23N5O/c1-18-17(21-14-10-13-5-6-15(14)23-13)19-8-7-12-11-22-9-3-2-4-16(22)20-12/h2-4,9,11,13-15H,5-8,10H2,1H3,(H2,18,19,21). The monoisotopic (exact) mass is 313 g/mol. The van der Waals surface area contributed by atoms with Gasteiger partial charge in [0.05, 0.1) is 23.9 Å². The highest BCUT2D eigenvalue weighted by molar-refractivity contribution is 5.80. The molecular weight excluding hydrogens is 290 g/mol. The van der Waals surface area contributed by atoms with Crippen LogP contribution >= 0.6 is 0 Å². The first-order chi connectivity index (χ1) is 11.3. The minimum atomic E-state index is 0.358. The Balaban J connectivity index is 1.29. The number of imidazole rings is 1. The van der Waals surface area contributed by atoms with Crippen LogP contribution in [0, 0.1) is 0 Å². The van der Waals surface area contributed by atoms with E-state index in [9.17, 15) is 0 Å². The van der Waals surface area contributed by atoms with Gasteiger partial charge in [-0.15, -0.1) is 0 Å². The van der Waals surface area contributed by atoms with Crippen molar-refractivity contribution < 1.29 is 4.74 Å². The van der Waals surface area contributed by atoms with Crippen molar-refractivity contribution in [1.82, 2.24) is 20.0 Å². The average molecular weight is 313 g/mol. The van der Waals surface area contributed by atoms with Crippen LogP contribution in [0.4, 0.5) is 0 Å². The Bertz CT molecular complexity index is 677. The maximum atomic E-state index is 5.88. The summed E-state index contributed by atoms with van der Waals surface area (Å²) in [6.45, 7) is 0.811. The van der Waals surface area contributed by atoms with Gasteiger partial charge in [-0.25, -0.2) is 4.98 Å². The van der Waals surface area contributed by atoms with Gasteiger partial charge in [-0.3, -0.25) is 4.99 Å². The molecule has 23 heavy (non-hydrogen) atoms. The number of hydrogen-bond donors (Lipinski definition) is 2. The molecule has 2 aliphatic rings. The quantitative estimate of drug-likeness (QED) is 0.661. The fourth-order valence-corrected chi connectivity index (χ4v) is 3.58. The molecule has 0 amide bonds. The van der Waals surface area contributed by atoms with Crippen molar-refractivity contribution in [3.63, 3.8) is 0 Å². The molecule has 2 aromatic rings. The zero-order valence-electron chi connectivity index (χ0n) is 13.4. The van der Waals surface area contributed by atoms with Crippen LogP contribution in [-0.2, 0) is 11.2 Å². The molecule has 0 spiro atoms. The average Bonchev–Trinajstić information content (AvgIpc) is 3.28. The lowest BCUT2D eigenvalue weighted by molar-refractivity contribution is 0.0992. The summed E-state index contributed by atoms with van der Waals surface area (Å²) in [5, 5.41) is 6.88. The summed E-state index contributed by atoms with van der Waals surface area (Å²) in [6.07, 6.45) is 9.26. The van der Waals surface area contributed by atoms with Crippen molar-refractivity contribution in [3.8, 4) is 0 Å². The van der Waals surface area contributed by atoms with E-state index in [4.69, 9.17) is 4.74 Å². The lowest BCUT2D eigenvalue weighted by Crippen LogP contribution is -2.47. The summed E-state index contributed by atoms with van der Waals surface area (Å²) in [6, 6.07) is 6.44. The molecule has 4 rings (SSSR count). The Morgan fingerprint density at radius 2 is 2.39 bits per heavy atom. The van der Waals surface area contributed by atoms with Crippen molar-refractivity contribution >= 4 is 11.6 Å². The molecule has 2 fully saturated rings. The highest BCUT2D eigenvalue weighted by atomic mass is 16.5. The third-order valence-corrected chi connectivity index (χ3v) is 4.74. The highest BCUT2D eigenvalue weighted by Gasteiger charge is 2.41. The first kappa shape index (κ1) is 14.5. The van der Waals surface area contributed by atoms with Gasteiger partial charge in [-0.05, 0) is 31.4 Å². The van der Waals surface area contributed by atoms with Crippen LogP contribution in [0.15, 0.2) is 35.6 Å². The van der Waals surface area contributed by atoms with Gasteiger partial charge in [-0.2, -0.15) is 0 Å². The number of ether oxygens (including phenoxy) is 1. The summed E-state index contributed by atoms with van der Waals surface area (Å²) in [4.78, 5) is 8.93. The van der Waals surface area contributed by atoms with Gasteiger partial charge < -0.3 is 19.8 Å². The van der Waals surface area contributed by atoms with E-state index in [0.29, 0.717) is 18.2 Å². The number of nitrogens with one attached hydrogen (secondary N) is 2. The zero-order chi connectivity index (χ0) is 15.6. The van der Waals surface area contributed by atoms with E-state index < -0.39 is 0 Å². The number of nitrogens with zero attached hydrogens (tertiary/aromatic N) is 3. The smallest absolute Gasteiger partial charge is 0.191 e. The van der Waals surface area contributed by atoms with E-state index in [0.717, 1.165) is 36.7 Å². The first-order valence-corrected chi connectivity index (χ1v) is 8.37. The second kappa shape index (κ2) is 6.20. The molecule has 0 radical (unpaired) electrons. The summed E-state index contributed by atoms with van der Waals surface area (Å²) in [5.41, 5.74) is 2.08. The molecule has 2 aromatic heterocycles. The van der Waals surface area contributed by atoms with Crippen molar-refractivity contribution in [3.05, 3.63) is 36.3 Å². The second-order valence-corrected chi connectivity index (χ2v) is 6.31. The second-order valence-electron chi connectivity index (χ2n) is 6.31. The Hall–Kier alpha value is -2.08. The van der Waals surface area contributed by atoms with Gasteiger partial charge in [0.15, 0.2) is 5.96 Å². The summed E-state index contributed by atoms with van der Waals surface area (Å²) in [5.74, 6) is 0.856. The molecular formula is C17H23N5O. The molecule has 4 heterocycles. The number of aliphatic imine (C=N–C) groups is 1. The topological polar surface area (TPSA) is 63.0 Å². The fraction of sp³-hybridized carbons (Fsp3) is 0.529. The Labute approximate surface area is 136 Å². The number of guanidine groups is 1. The first-order valence-electron chi connectivity index (χ1n) is 8.37. The van der Waals surface area contributed by atoms with Gasteiger partial charge in [0.2, 0.25) is 0 Å². The van der Waals surface area contributed by atoms with Gasteiger partial charge in [-0.1, -0.05) is 6.07 Å². The molecule has 122 valence electrons. The highest BCUT2D eigenvalue weighted by Crippen LogP contribution is 2.34. The van der Waals surface area contributed by atoms with Crippen LogP contribution in [0.25, 0.3) is 5.65 Å². The van der Waals surface area contributed by atoms with E-state index in [1.165, 1.54) is 12.8 Å². The van der Waals surface area contributed by atoms with Crippen LogP contribution in [0.3, 0.4) is 0 Å². The number of rotatable bonds is 4. The molecule has 3 atom stereocenters. The lowest BCUT2D eigenvalue weighted by Gasteiger charge is -2.22. The predicted octanol–water partition coefficient (Wildman–Crippen LogP) is 1.36. The number of fused-ring (bicyclic) bond motifs is 3. The third-order valence-electron chi connectivity index (χ3n) is 4.74. The van der Waals surface area contributed by atoms with E-state index >= 15 is 0 Å². The molecule has 2 N–H and O–H groups in total. The third kappa shape index (κ3) is 3.03. The Kier molecular flexibility index (Phi) is 3.91. The van der Waals surface area contributed by atoms with Gasteiger partial charge in [0.1, 0.15) is 5.65 Å². The van der Waals surface area contributed by atoms with Gasteiger partial charge >= 0.3 is 0 Å². The predicted molar refractivity (Wildman–Crippen MR) is 89.7 cm³/mol. The van der Waals surface area contributed by atoms with Gasteiger partial charge in [0, 0.05) is 32.4 Å². The van der Waals surface area contributed by atoms with Crippen molar-refractivity contribution in [2.45, 2.75) is 43.9 Å². The maximum absolute atomic E-state index is 5.88. The number of pyridine rings is 1.